The molecular weight excluding hydrogens is 238 g/mol. The Bertz CT molecular complexity index is 669. The lowest BCUT2D eigenvalue weighted by molar-refractivity contribution is 0.561. The largest absolute Gasteiger partial charge is 0.464 e. The van der Waals surface area contributed by atoms with Gasteiger partial charge in [-0.1, -0.05) is 12.1 Å². The minimum atomic E-state index is 0.739. The van der Waals surface area contributed by atoms with E-state index in [1.165, 1.54) is 0 Å². The molecule has 0 radical (unpaired) electrons. The minimum Gasteiger partial charge on any atom is -0.464 e. The lowest BCUT2D eigenvalue weighted by Crippen LogP contribution is -2.03. The Morgan fingerprint density at radius 2 is 2.11 bits per heavy atom. The molecule has 0 bridgehead atoms. The van der Waals surface area contributed by atoms with E-state index in [0.717, 1.165) is 48.0 Å². The topological polar surface area (TPSA) is 57.0 Å². The summed E-state index contributed by atoms with van der Waals surface area (Å²) in [7, 11) is 0. The van der Waals surface area contributed by atoms with Crippen molar-refractivity contribution in [1.82, 2.24) is 9.78 Å². The lowest BCUT2D eigenvalue weighted by atomic mass is 10.1. The number of hydrogen-bond acceptors (Lipinski definition) is 3. The zero-order chi connectivity index (χ0) is 13.1. The van der Waals surface area contributed by atoms with Crippen LogP contribution in [-0.2, 0) is 6.54 Å². The SMILES string of the molecule is NCCCCn1cc(-c2ccc3ccoc3c2)cn1. The van der Waals surface area contributed by atoms with Gasteiger partial charge in [0.05, 0.1) is 12.5 Å². The highest BCUT2D eigenvalue weighted by Crippen LogP contribution is 2.24. The molecule has 0 amide bonds. The highest BCUT2D eigenvalue weighted by Gasteiger charge is 2.04. The number of nitrogens with two attached hydrogens (primary N) is 1. The van der Waals surface area contributed by atoms with Gasteiger partial charge in [-0.2, -0.15) is 5.10 Å². The first kappa shape index (κ1) is 12.0. The standard InChI is InChI=1S/C15H17N3O/c16-6-1-2-7-18-11-14(10-17-18)13-4-3-12-5-8-19-15(12)9-13/h3-5,8-11H,1-2,6-7,16H2. The maximum Gasteiger partial charge on any atom is 0.134 e. The lowest BCUT2D eigenvalue weighted by Gasteiger charge is -1.99. The summed E-state index contributed by atoms with van der Waals surface area (Å²) in [4.78, 5) is 0. The Kier molecular flexibility index (Phi) is 3.33. The first-order chi connectivity index (χ1) is 9.36. The predicted octanol–water partition coefficient (Wildman–Crippen LogP) is 3.04. The smallest absolute Gasteiger partial charge is 0.134 e. The fourth-order valence-electron chi connectivity index (χ4n) is 2.19. The Hall–Kier alpha value is -2.07. The molecule has 0 aliphatic carbocycles. The molecule has 0 aliphatic heterocycles. The number of aromatic nitrogens is 2. The number of furan rings is 1. The van der Waals surface area contributed by atoms with Gasteiger partial charge in [-0.25, -0.2) is 0 Å². The van der Waals surface area contributed by atoms with Crippen molar-refractivity contribution in [2.75, 3.05) is 6.54 Å². The van der Waals surface area contributed by atoms with E-state index in [1.807, 2.05) is 16.9 Å². The molecule has 19 heavy (non-hydrogen) atoms. The summed E-state index contributed by atoms with van der Waals surface area (Å²) in [5.41, 5.74) is 8.65. The molecule has 4 heteroatoms. The van der Waals surface area contributed by atoms with Crippen molar-refractivity contribution in [3.05, 3.63) is 42.9 Å². The summed E-state index contributed by atoms with van der Waals surface area (Å²) in [5, 5.41) is 5.50. The molecule has 0 aliphatic rings. The van der Waals surface area contributed by atoms with Crippen molar-refractivity contribution < 1.29 is 4.42 Å². The number of nitrogens with zero attached hydrogens (tertiary/aromatic N) is 2. The molecule has 2 N–H and O–H groups in total. The van der Waals surface area contributed by atoms with E-state index in [0.29, 0.717) is 0 Å². The Morgan fingerprint density at radius 1 is 1.16 bits per heavy atom. The van der Waals surface area contributed by atoms with Gasteiger partial charge in [0.15, 0.2) is 0 Å². The molecule has 0 atom stereocenters. The first-order valence-corrected chi connectivity index (χ1v) is 6.57. The van der Waals surface area contributed by atoms with Crippen LogP contribution in [0.1, 0.15) is 12.8 Å². The summed E-state index contributed by atoms with van der Waals surface area (Å²) in [6, 6.07) is 8.19. The molecular formula is C15H17N3O. The molecule has 3 aromatic rings. The third kappa shape index (κ3) is 2.53. The van der Waals surface area contributed by atoms with Crippen LogP contribution in [0.4, 0.5) is 0 Å². The van der Waals surface area contributed by atoms with E-state index in [1.54, 1.807) is 6.26 Å². The summed E-state index contributed by atoms with van der Waals surface area (Å²) < 4.78 is 7.39. The number of hydrogen-bond donors (Lipinski definition) is 1. The molecule has 0 saturated carbocycles. The molecule has 2 heterocycles. The second-order valence-corrected chi connectivity index (χ2v) is 4.66. The van der Waals surface area contributed by atoms with Crippen molar-refractivity contribution in [3.8, 4) is 11.1 Å². The summed E-state index contributed by atoms with van der Waals surface area (Å²) >= 11 is 0. The number of aryl methyl sites for hydroxylation is 1. The van der Waals surface area contributed by atoms with Crippen LogP contribution in [0.15, 0.2) is 47.3 Å². The number of unbranched alkanes of at least 4 members (excludes halogenated alkanes) is 1. The van der Waals surface area contributed by atoms with E-state index in [2.05, 4.69) is 29.5 Å². The summed E-state index contributed by atoms with van der Waals surface area (Å²) in [6.45, 7) is 1.66. The molecule has 1 aromatic carbocycles. The van der Waals surface area contributed by atoms with Crippen LogP contribution >= 0.6 is 0 Å². The van der Waals surface area contributed by atoms with Crippen LogP contribution < -0.4 is 5.73 Å². The van der Waals surface area contributed by atoms with Crippen LogP contribution in [-0.4, -0.2) is 16.3 Å². The molecule has 0 spiro atoms. The van der Waals surface area contributed by atoms with Gasteiger partial charge in [-0.15, -0.1) is 0 Å². The van der Waals surface area contributed by atoms with Crippen LogP contribution in [0.3, 0.4) is 0 Å². The van der Waals surface area contributed by atoms with Crippen molar-refractivity contribution in [1.29, 1.82) is 0 Å². The first-order valence-electron chi connectivity index (χ1n) is 6.57. The maximum atomic E-state index is 5.49. The minimum absolute atomic E-state index is 0.739. The second-order valence-electron chi connectivity index (χ2n) is 4.66. The van der Waals surface area contributed by atoms with Crippen LogP contribution in [0, 0.1) is 0 Å². The highest BCUT2D eigenvalue weighted by molar-refractivity contribution is 5.82. The van der Waals surface area contributed by atoms with Gasteiger partial charge in [0.25, 0.3) is 0 Å². The van der Waals surface area contributed by atoms with Gasteiger partial charge in [0.1, 0.15) is 5.58 Å². The van der Waals surface area contributed by atoms with Gasteiger partial charge >= 0.3 is 0 Å². The van der Waals surface area contributed by atoms with E-state index in [9.17, 15) is 0 Å². The maximum absolute atomic E-state index is 5.49. The van der Waals surface area contributed by atoms with Gasteiger partial charge in [0.2, 0.25) is 0 Å². The van der Waals surface area contributed by atoms with E-state index in [4.69, 9.17) is 10.2 Å². The van der Waals surface area contributed by atoms with Gasteiger partial charge in [0, 0.05) is 23.7 Å². The van der Waals surface area contributed by atoms with Crippen molar-refractivity contribution in [2.45, 2.75) is 19.4 Å². The van der Waals surface area contributed by atoms with Crippen LogP contribution in [0.25, 0.3) is 22.1 Å². The van der Waals surface area contributed by atoms with Crippen molar-refractivity contribution in [3.63, 3.8) is 0 Å². The van der Waals surface area contributed by atoms with Crippen molar-refractivity contribution in [2.24, 2.45) is 5.73 Å². The van der Waals surface area contributed by atoms with Crippen LogP contribution in [0.5, 0.6) is 0 Å². The molecule has 98 valence electrons. The molecule has 3 rings (SSSR count). The monoisotopic (exact) mass is 255 g/mol. The molecule has 0 fully saturated rings. The third-order valence-corrected chi connectivity index (χ3v) is 3.26. The summed E-state index contributed by atoms with van der Waals surface area (Å²) in [6.07, 6.45) is 7.78. The average molecular weight is 255 g/mol. The van der Waals surface area contributed by atoms with Crippen LogP contribution in [0.2, 0.25) is 0 Å². The van der Waals surface area contributed by atoms with Gasteiger partial charge < -0.3 is 10.2 Å². The third-order valence-electron chi connectivity index (χ3n) is 3.26. The number of rotatable bonds is 5. The van der Waals surface area contributed by atoms with Gasteiger partial charge in [-0.3, -0.25) is 4.68 Å². The molecule has 0 unspecified atom stereocenters. The Morgan fingerprint density at radius 3 is 3.00 bits per heavy atom. The molecule has 4 nitrogen and oxygen atoms in total. The Labute approximate surface area is 111 Å². The average Bonchev–Trinajstić information content (AvgIpc) is 3.06. The highest BCUT2D eigenvalue weighted by atomic mass is 16.3. The number of benzene rings is 1. The quantitative estimate of drug-likeness (QED) is 0.713. The summed E-state index contributed by atoms with van der Waals surface area (Å²) in [5.74, 6) is 0. The van der Waals surface area contributed by atoms with E-state index in [-0.39, 0.29) is 0 Å². The second kappa shape index (κ2) is 5.28. The Balaban J connectivity index is 1.81. The fourth-order valence-corrected chi connectivity index (χ4v) is 2.19. The normalized spacial score (nSPS) is 11.2. The zero-order valence-electron chi connectivity index (χ0n) is 10.7. The van der Waals surface area contributed by atoms with E-state index < -0.39 is 0 Å². The zero-order valence-corrected chi connectivity index (χ0v) is 10.7. The number of fused-ring (bicyclic) bond motifs is 1. The predicted molar refractivity (Wildman–Crippen MR) is 75.7 cm³/mol. The molecule has 0 saturated heterocycles. The fraction of sp³-hybridized carbons (Fsp3) is 0.267. The van der Waals surface area contributed by atoms with Crippen molar-refractivity contribution >= 4 is 11.0 Å². The van der Waals surface area contributed by atoms with E-state index >= 15 is 0 Å². The molecule has 2 aromatic heterocycles. The van der Waals surface area contributed by atoms with Gasteiger partial charge in [-0.05, 0) is 37.1 Å².